The van der Waals surface area contributed by atoms with Crippen molar-refractivity contribution < 1.29 is 14.1 Å². The highest BCUT2D eigenvalue weighted by Crippen LogP contribution is 2.31. The van der Waals surface area contributed by atoms with Crippen molar-refractivity contribution in [3.8, 4) is 5.75 Å². The number of urea groups is 1. The minimum absolute atomic E-state index is 0.0362. The van der Waals surface area contributed by atoms with E-state index in [1.807, 2.05) is 38.1 Å². The van der Waals surface area contributed by atoms with Crippen LogP contribution < -0.4 is 15.4 Å². The van der Waals surface area contributed by atoms with Gasteiger partial charge >= 0.3 is 6.03 Å². The predicted molar refractivity (Wildman–Crippen MR) is 87.9 cm³/mol. The van der Waals surface area contributed by atoms with E-state index in [2.05, 4.69) is 20.8 Å². The molecular formula is C17H22N4O3. The Morgan fingerprint density at radius 2 is 2.21 bits per heavy atom. The standard InChI is InChI=1S/C17H22N4O3/c1-11(2)16-20-15(24-21-16)7-9-18-17(22)19-13-8-10-23-14-6-4-3-5-12(13)14/h3-6,11,13H,7-10H2,1-2H3,(H2,18,19,22)/t13-/m1/s1. The first kappa shape index (κ1) is 16.3. The van der Waals surface area contributed by atoms with Gasteiger partial charge in [-0.25, -0.2) is 4.79 Å². The summed E-state index contributed by atoms with van der Waals surface area (Å²) in [7, 11) is 0. The average molecular weight is 330 g/mol. The van der Waals surface area contributed by atoms with Crippen molar-refractivity contribution in [3.63, 3.8) is 0 Å². The fraction of sp³-hybridized carbons (Fsp3) is 0.471. The average Bonchev–Trinajstić information content (AvgIpc) is 3.04. The van der Waals surface area contributed by atoms with Crippen LogP contribution in [-0.4, -0.2) is 29.3 Å². The Morgan fingerprint density at radius 3 is 3.00 bits per heavy atom. The molecule has 24 heavy (non-hydrogen) atoms. The third-order valence-corrected chi connectivity index (χ3v) is 3.89. The molecule has 2 amide bonds. The van der Waals surface area contributed by atoms with Gasteiger partial charge in [0.2, 0.25) is 5.89 Å². The van der Waals surface area contributed by atoms with Crippen molar-refractivity contribution in [2.45, 2.75) is 38.6 Å². The molecule has 1 aliphatic rings. The summed E-state index contributed by atoms with van der Waals surface area (Å²) >= 11 is 0. The van der Waals surface area contributed by atoms with E-state index >= 15 is 0 Å². The zero-order chi connectivity index (χ0) is 16.9. The summed E-state index contributed by atoms with van der Waals surface area (Å²) in [5.41, 5.74) is 1.01. The molecule has 1 aromatic heterocycles. The highest BCUT2D eigenvalue weighted by molar-refractivity contribution is 5.74. The van der Waals surface area contributed by atoms with Crippen LogP contribution in [0.2, 0.25) is 0 Å². The van der Waals surface area contributed by atoms with Gasteiger partial charge in [-0.1, -0.05) is 37.2 Å². The van der Waals surface area contributed by atoms with Crippen molar-refractivity contribution in [2.24, 2.45) is 0 Å². The molecule has 7 nitrogen and oxygen atoms in total. The van der Waals surface area contributed by atoms with Crippen LogP contribution in [0, 0.1) is 0 Å². The van der Waals surface area contributed by atoms with Crippen molar-refractivity contribution in [2.75, 3.05) is 13.2 Å². The normalized spacial score (nSPS) is 16.4. The molecule has 2 N–H and O–H groups in total. The molecule has 0 fully saturated rings. The van der Waals surface area contributed by atoms with Gasteiger partial charge in [0, 0.05) is 30.9 Å². The van der Waals surface area contributed by atoms with Crippen molar-refractivity contribution in [3.05, 3.63) is 41.5 Å². The van der Waals surface area contributed by atoms with Gasteiger partial charge in [0.05, 0.1) is 12.6 Å². The molecule has 0 saturated carbocycles. The Kier molecular flexibility index (Phi) is 4.98. The molecule has 7 heteroatoms. The van der Waals surface area contributed by atoms with E-state index in [1.165, 1.54) is 0 Å². The maximum Gasteiger partial charge on any atom is 0.315 e. The highest BCUT2D eigenvalue weighted by Gasteiger charge is 2.22. The lowest BCUT2D eigenvalue weighted by Crippen LogP contribution is -2.40. The molecule has 0 bridgehead atoms. The number of rotatable bonds is 5. The predicted octanol–water partition coefficient (Wildman–Crippen LogP) is 2.56. The number of carbonyl (C=O) groups is 1. The SMILES string of the molecule is CC(C)c1noc(CCNC(=O)N[C@@H]2CCOc3ccccc32)n1. The largest absolute Gasteiger partial charge is 0.493 e. The van der Waals surface area contributed by atoms with E-state index in [-0.39, 0.29) is 18.0 Å². The van der Waals surface area contributed by atoms with E-state index in [1.54, 1.807) is 0 Å². The van der Waals surface area contributed by atoms with Gasteiger partial charge in [0.1, 0.15) is 5.75 Å². The number of hydrogen-bond donors (Lipinski definition) is 2. The van der Waals surface area contributed by atoms with Crippen LogP contribution in [0.25, 0.3) is 0 Å². The quantitative estimate of drug-likeness (QED) is 0.879. The minimum atomic E-state index is -0.208. The number of fused-ring (bicyclic) bond motifs is 1. The fourth-order valence-corrected chi connectivity index (χ4v) is 2.59. The lowest BCUT2D eigenvalue weighted by Gasteiger charge is -2.26. The second-order valence-corrected chi connectivity index (χ2v) is 6.08. The van der Waals surface area contributed by atoms with Crippen molar-refractivity contribution in [1.82, 2.24) is 20.8 Å². The molecule has 0 spiro atoms. The number of amides is 2. The monoisotopic (exact) mass is 330 g/mol. The van der Waals surface area contributed by atoms with Crippen LogP contribution in [0.15, 0.2) is 28.8 Å². The number of ether oxygens (including phenoxy) is 1. The molecule has 128 valence electrons. The number of benzene rings is 1. The summed E-state index contributed by atoms with van der Waals surface area (Å²) in [6, 6.07) is 7.53. The summed E-state index contributed by atoms with van der Waals surface area (Å²) in [6.07, 6.45) is 1.27. The molecule has 1 aromatic carbocycles. The molecule has 0 saturated heterocycles. The van der Waals surface area contributed by atoms with Gasteiger partial charge in [-0.15, -0.1) is 0 Å². The maximum absolute atomic E-state index is 12.1. The van der Waals surface area contributed by atoms with E-state index in [4.69, 9.17) is 9.26 Å². The van der Waals surface area contributed by atoms with Gasteiger partial charge in [-0.3, -0.25) is 0 Å². The number of carbonyl (C=O) groups excluding carboxylic acids is 1. The number of aromatic nitrogens is 2. The first-order valence-corrected chi connectivity index (χ1v) is 8.22. The highest BCUT2D eigenvalue weighted by atomic mass is 16.5. The number of nitrogens with zero attached hydrogens (tertiary/aromatic N) is 2. The molecule has 2 aromatic rings. The van der Waals surface area contributed by atoms with Gasteiger partial charge in [-0.05, 0) is 6.07 Å². The number of para-hydroxylation sites is 1. The van der Waals surface area contributed by atoms with Crippen LogP contribution in [0.3, 0.4) is 0 Å². The zero-order valence-corrected chi connectivity index (χ0v) is 13.9. The van der Waals surface area contributed by atoms with Gasteiger partial charge in [-0.2, -0.15) is 4.98 Å². The molecule has 0 aliphatic carbocycles. The van der Waals surface area contributed by atoms with E-state index in [9.17, 15) is 4.79 Å². The second-order valence-electron chi connectivity index (χ2n) is 6.08. The first-order chi connectivity index (χ1) is 11.6. The van der Waals surface area contributed by atoms with Gasteiger partial charge in [0.25, 0.3) is 0 Å². The van der Waals surface area contributed by atoms with E-state index in [0.29, 0.717) is 31.3 Å². The van der Waals surface area contributed by atoms with Crippen LogP contribution >= 0.6 is 0 Å². The second kappa shape index (κ2) is 7.33. The Bertz CT molecular complexity index is 699. The summed E-state index contributed by atoms with van der Waals surface area (Å²) in [5.74, 6) is 2.29. The lowest BCUT2D eigenvalue weighted by atomic mass is 10.0. The zero-order valence-electron chi connectivity index (χ0n) is 13.9. The molecule has 2 heterocycles. The van der Waals surface area contributed by atoms with Crippen LogP contribution in [-0.2, 0) is 6.42 Å². The number of nitrogens with one attached hydrogen (secondary N) is 2. The summed E-state index contributed by atoms with van der Waals surface area (Å²) in [6.45, 7) is 5.05. The lowest BCUT2D eigenvalue weighted by molar-refractivity contribution is 0.223. The van der Waals surface area contributed by atoms with Gasteiger partial charge < -0.3 is 19.9 Å². The van der Waals surface area contributed by atoms with Crippen LogP contribution in [0.4, 0.5) is 4.79 Å². The van der Waals surface area contributed by atoms with E-state index < -0.39 is 0 Å². The Balaban J connectivity index is 1.48. The maximum atomic E-state index is 12.1. The third-order valence-electron chi connectivity index (χ3n) is 3.89. The summed E-state index contributed by atoms with van der Waals surface area (Å²) in [4.78, 5) is 16.4. The van der Waals surface area contributed by atoms with Crippen molar-refractivity contribution >= 4 is 6.03 Å². The Hall–Kier alpha value is -2.57. The fourth-order valence-electron chi connectivity index (χ4n) is 2.59. The first-order valence-electron chi connectivity index (χ1n) is 8.22. The van der Waals surface area contributed by atoms with Crippen LogP contribution in [0.5, 0.6) is 5.75 Å². The molecule has 0 radical (unpaired) electrons. The third kappa shape index (κ3) is 3.84. The van der Waals surface area contributed by atoms with Gasteiger partial charge in [0.15, 0.2) is 5.82 Å². The summed E-state index contributed by atoms with van der Waals surface area (Å²) < 4.78 is 10.8. The summed E-state index contributed by atoms with van der Waals surface area (Å²) in [5, 5.41) is 9.72. The Morgan fingerprint density at radius 1 is 1.38 bits per heavy atom. The molecule has 1 aliphatic heterocycles. The van der Waals surface area contributed by atoms with Crippen LogP contribution in [0.1, 0.15) is 49.5 Å². The van der Waals surface area contributed by atoms with Crippen molar-refractivity contribution in [1.29, 1.82) is 0 Å². The molecule has 1 atom stereocenters. The molecule has 0 unspecified atom stereocenters. The molecular weight excluding hydrogens is 308 g/mol. The smallest absolute Gasteiger partial charge is 0.315 e. The topological polar surface area (TPSA) is 89.3 Å². The minimum Gasteiger partial charge on any atom is -0.493 e. The molecule has 3 rings (SSSR count). The Labute approximate surface area is 140 Å². The van der Waals surface area contributed by atoms with E-state index in [0.717, 1.165) is 17.7 Å². The number of hydrogen-bond acceptors (Lipinski definition) is 5.